The Bertz CT molecular complexity index is 570. The Kier molecular flexibility index (Phi) is 3.32. The number of rotatable bonds is 2. The van der Waals surface area contributed by atoms with Crippen molar-refractivity contribution in [2.24, 2.45) is 0 Å². The van der Waals surface area contributed by atoms with Crippen LogP contribution in [0.3, 0.4) is 0 Å². The molecule has 0 aromatic carbocycles. The number of anilines is 1. The first-order chi connectivity index (χ1) is 8.99. The van der Waals surface area contributed by atoms with Crippen molar-refractivity contribution in [2.75, 3.05) is 18.8 Å². The van der Waals surface area contributed by atoms with Crippen molar-refractivity contribution < 1.29 is 14.8 Å². The lowest BCUT2D eigenvalue weighted by molar-refractivity contribution is -0.384. The number of amides is 1. The molecule has 2 rings (SSSR count). The molecule has 2 heterocycles. The van der Waals surface area contributed by atoms with Crippen molar-refractivity contribution in [1.82, 2.24) is 9.88 Å². The van der Waals surface area contributed by atoms with Gasteiger partial charge in [0.25, 0.3) is 0 Å². The zero-order valence-electron chi connectivity index (χ0n) is 9.94. The van der Waals surface area contributed by atoms with E-state index in [1.165, 1.54) is 17.2 Å². The molecule has 19 heavy (non-hydrogen) atoms. The summed E-state index contributed by atoms with van der Waals surface area (Å²) in [5, 5.41) is 19.6. The third kappa shape index (κ3) is 2.62. The Labute approximate surface area is 108 Å². The fraction of sp³-hybridized carbons (Fsp3) is 0.273. The van der Waals surface area contributed by atoms with Gasteiger partial charge in [-0.3, -0.25) is 10.1 Å². The van der Waals surface area contributed by atoms with E-state index in [9.17, 15) is 14.9 Å². The molecule has 0 radical (unpaired) electrons. The molecule has 0 aliphatic carbocycles. The number of carboxylic acid groups (broad SMARTS) is 1. The van der Waals surface area contributed by atoms with Crippen molar-refractivity contribution in [3.8, 4) is 0 Å². The summed E-state index contributed by atoms with van der Waals surface area (Å²) in [5.41, 5.74) is 6.63. The van der Waals surface area contributed by atoms with E-state index in [4.69, 9.17) is 10.8 Å². The van der Waals surface area contributed by atoms with Gasteiger partial charge in [0, 0.05) is 30.9 Å². The topological polar surface area (TPSA) is 123 Å². The molecular formula is C11H12N4O4. The molecule has 0 atom stereocenters. The van der Waals surface area contributed by atoms with Crippen LogP contribution >= 0.6 is 0 Å². The molecule has 0 bridgehead atoms. The highest BCUT2D eigenvalue weighted by molar-refractivity contribution is 5.73. The lowest BCUT2D eigenvalue weighted by atomic mass is 10.0. The Morgan fingerprint density at radius 3 is 2.84 bits per heavy atom. The molecule has 8 nitrogen and oxygen atoms in total. The van der Waals surface area contributed by atoms with E-state index in [0.717, 1.165) is 5.57 Å². The van der Waals surface area contributed by atoms with Gasteiger partial charge in [-0.25, -0.2) is 9.78 Å². The van der Waals surface area contributed by atoms with Gasteiger partial charge in [-0.2, -0.15) is 0 Å². The number of pyridine rings is 1. The van der Waals surface area contributed by atoms with E-state index in [1.807, 2.05) is 0 Å². The van der Waals surface area contributed by atoms with Crippen LogP contribution in [0.1, 0.15) is 12.0 Å². The molecule has 1 aromatic rings. The third-order valence-electron chi connectivity index (χ3n) is 2.94. The van der Waals surface area contributed by atoms with Gasteiger partial charge in [0.05, 0.1) is 4.92 Å². The number of nitrogen functional groups attached to an aromatic ring is 1. The van der Waals surface area contributed by atoms with Gasteiger partial charge in [-0.1, -0.05) is 6.08 Å². The molecular weight excluding hydrogens is 252 g/mol. The summed E-state index contributed by atoms with van der Waals surface area (Å²) in [6, 6.07) is 1.37. The SMILES string of the molecule is Nc1ncc(C2=CCN(C(=O)O)CC2)cc1[N+](=O)[O-]. The van der Waals surface area contributed by atoms with Crippen LogP contribution in [0, 0.1) is 10.1 Å². The van der Waals surface area contributed by atoms with Crippen LogP contribution < -0.4 is 5.73 Å². The largest absolute Gasteiger partial charge is 0.465 e. The molecule has 1 aromatic heterocycles. The van der Waals surface area contributed by atoms with Crippen LogP contribution in [-0.4, -0.2) is 39.1 Å². The maximum Gasteiger partial charge on any atom is 0.407 e. The van der Waals surface area contributed by atoms with Crippen LogP contribution in [0.5, 0.6) is 0 Å². The summed E-state index contributed by atoms with van der Waals surface area (Å²) in [4.78, 5) is 26.0. The number of carbonyl (C=O) groups is 1. The zero-order chi connectivity index (χ0) is 14.0. The fourth-order valence-corrected chi connectivity index (χ4v) is 1.89. The number of nitrogens with zero attached hydrogens (tertiary/aromatic N) is 3. The lowest BCUT2D eigenvalue weighted by Crippen LogP contribution is -2.33. The number of nitro groups is 1. The summed E-state index contributed by atoms with van der Waals surface area (Å²) in [6.45, 7) is 0.627. The monoisotopic (exact) mass is 264 g/mol. The maximum atomic E-state index is 10.8. The number of hydrogen-bond donors (Lipinski definition) is 2. The standard InChI is InChI=1S/C11H12N4O4/c12-10-9(15(18)19)5-8(6-13-10)7-1-3-14(4-2-7)11(16)17/h1,5-6H,2-4H2,(H2,12,13)(H,16,17). The second-order valence-corrected chi connectivity index (χ2v) is 4.09. The van der Waals surface area contributed by atoms with Gasteiger partial charge >= 0.3 is 11.8 Å². The number of nitrogens with two attached hydrogens (primary N) is 1. The highest BCUT2D eigenvalue weighted by Crippen LogP contribution is 2.27. The van der Waals surface area contributed by atoms with E-state index < -0.39 is 11.0 Å². The first-order valence-electron chi connectivity index (χ1n) is 5.56. The molecule has 1 aliphatic heterocycles. The smallest absolute Gasteiger partial charge is 0.407 e. The Morgan fingerprint density at radius 1 is 1.58 bits per heavy atom. The molecule has 0 saturated heterocycles. The van der Waals surface area contributed by atoms with E-state index in [-0.39, 0.29) is 18.1 Å². The zero-order valence-corrected chi connectivity index (χ0v) is 9.94. The van der Waals surface area contributed by atoms with Crippen LogP contribution in [0.4, 0.5) is 16.3 Å². The third-order valence-corrected chi connectivity index (χ3v) is 2.94. The Balaban J connectivity index is 2.26. The first-order valence-corrected chi connectivity index (χ1v) is 5.56. The quantitative estimate of drug-likeness (QED) is 0.613. The number of hydrogen-bond acceptors (Lipinski definition) is 5. The van der Waals surface area contributed by atoms with E-state index in [1.54, 1.807) is 6.08 Å². The van der Waals surface area contributed by atoms with Gasteiger partial charge in [-0.05, 0) is 12.0 Å². The van der Waals surface area contributed by atoms with Crippen LogP contribution in [0.2, 0.25) is 0 Å². The molecule has 0 saturated carbocycles. The minimum atomic E-state index is -0.975. The predicted molar refractivity (Wildman–Crippen MR) is 67.5 cm³/mol. The molecule has 0 spiro atoms. The van der Waals surface area contributed by atoms with Gasteiger partial charge in [0.1, 0.15) is 0 Å². The molecule has 3 N–H and O–H groups in total. The van der Waals surface area contributed by atoms with Crippen molar-refractivity contribution >= 4 is 23.2 Å². The van der Waals surface area contributed by atoms with Crippen molar-refractivity contribution in [3.63, 3.8) is 0 Å². The summed E-state index contributed by atoms with van der Waals surface area (Å²) in [5.74, 6) is -0.127. The summed E-state index contributed by atoms with van der Waals surface area (Å²) in [6.07, 6.45) is 2.71. The second kappa shape index (κ2) is 4.92. The van der Waals surface area contributed by atoms with Crippen molar-refractivity contribution in [2.45, 2.75) is 6.42 Å². The number of aromatic nitrogens is 1. The summed E-state index contributed by atoms with van der Waals surface area (Å²) in [7, 11) is 0. The fourth-order valence-electron chi connectivity index (χ4n) is 1.89. The minimum Gasteiger partial charge on any atom is -0.465 e. The van der Waals surface area contributed by atoms with Crippen LogP contribution in [0.15, 0.2) is 18.3 Å². The summed E-state index contributed by atoms with van der Waals surface area (Å²) < 4.78 is 0. The van der Waals surface area contributed by atoms with Crippen molar-refractivity contribution in [1.29, 1.82) is 0 Å². The van der Waals surface area contributed by atoms with Gasteiger partial charge in [0.2, 0.25) is 5.82 Å². The first kappa shape index (κ1) is 12.8. The van der Waals surface area contributed by atoms with Gasteiger partial charge in [0.15, 0.2) is 0 Å². The van der Waals surface area contributed by atoms with Gasteiger partial charge < -0.3 is 15.7 Å². The highest BCUT2D eigenvalue weighted by atomic mass is 16.6. The normalized spacial score (nSPS) is 14.9. The average molecular weight is 264 g/mol. The van der Waals surface area contributed by atoms with Crippen LogP contribution in [-0.2, 0) is 0 Å². The predicted octanol–water partition coefficient (Wildman–Crippen LogP) is 1.34. The van der Waals surface area contributed by atoms with E-state index in [2.05, 4.69) is 4.98 Å². The Morgan fingerprint density at radius 2 is 2.32 bits per heavy atom. The molecule has 0 fully saturated rings. The van der Waals surface area contributed by atoms with E-state index in [0.29, 0.717) is 18.5 Å². The summed E-state index contributed by atoms with van der Waals surface area (Å²) >= 11 is 0. The lowest BCUT2D eigenvalue weighted by Gasteiger charge is -2.23. The molecule has 1 aliphatic rings. The van der Waals surface area contributed by atoms with Crippen LogP contribution in [0.25, 0.3) is 5.57 Å². The molecule has 1 amide bonds. The minimum absolute atomic E-state index is 0.127. The van der Waals surface area contributed by atoms with E-state index >= 15 is 0 Å². The second-order valence-electron chi connectivity index (χ2n) is 4.09. The average Bonchev–Trinajstić information content (AvgIpc) is 2.39. The molecule has 0 unspecified atom stereocenters. The maximum absolute atomic E-state index is 10.8. The molecule has 100 valence electrons. The van der Waals surface area contributed by atoms with Crippen molar-refractivity contribution in [3.05, 3.63) is 34.0 Å². The molecule has 8 heteroatoms. The highest BCUT2D eigenvalue weighted by Gasteiger charge is 2.19. The van der Waals surface area contributed by atoms with Gasteiger partial charge in [-0.15, -0.1) is 0 Å². The Hall–Kier alpha value is -2.64.